The SMILES string of the molecule is COC(=O)c1cc(C(=O)Nc2ccc(C)c(S(=O)(=O)N3CCCCC3)c2)cc([N+](=O)[O-])c1. The second-order valence-electron chi connectivity index (χ2n) is 7.42. The van der Waals surface area contributed by atoms with Gasteiger partial charge in [-0.25, -0.2) is 13.2 Å². The number of esters is 1. The Morgan fingerprint density at radius 2 is 1.72 bits per heavy atom. The Balaban J connectivity index is 1.92. The second-order valence-corrected chi connectivity index (χ2v) is 9.32. The summed E-state index contributed by atoms with van der Waals surface area (Å²) >= 11 is 0. The third-order valence-corrected chi connectivity index (χ3v) is 7.23. The smallest absolute Gasteiger partial charge is 0.338 e. The zero-order chi connectivity index (χ0) is 23.5. The Labute approximate surface area is 185 Å². The lowest BCUT2D eigenvalue weighted by Gasteiger charge is -2.26. The van der Waals surface area contributed by atoms with Crippen LogP contribution in [0.3, 0.4) is 0 Å². The van der Waals surface area contributed by atoms with E-state index in [0.717, 1.165) is 38.5 Å². The molecular weight excluding hydrogens is 438 g/mol. The van der Waals surface area contributed by atoms with Crippen molar-refractivity contribution in [2.24, 2.45) is 0 Å². The van der Waals surface area contributed by atoms with Gasteiger partial charge in [-0.1, -0.05) is 12.5 Å². The first-order valence-corrected chi connectivity index (χ1v) is 11.4. The van der Waals surface area contributed by atoms with E-state index in [9.17, 15) is 28.1 Å². The maximum atomic E-state index is 13.1. The van der Waals surface area contributed by atoms with Crippen molar-refractivity contribution in [3.05, 3.63) is 63.2 Å². The van der Waals surface area contributed by atoms with Crippen LogP contribution in [0.4, 0.5) is 11.4 Å². The van der Waals surface area contributed by atoms with Gasteiger partial charge in [0.15, 0.2) is 0 Å². The summed E-state index contributed by atoms with van der Waals surface area (Å²) in [6.45, 7) is 2.57. The molecule has 2 aromatic rings. The van der Waals surface area contributed by atoms with Gasteiger partial charge in [0, 0.05) is 36.5 Å². The number of hydrogen-bond acceptors (Lipinski definition) is 7. The molecule has 11 heteroatoms. The van der Waals surface area contributed by atoms with E-state index < -0.39 is 32.5 Å². The predicted octanol–water partition coefficient (Wildman–Crippen LogP) is 3.12. The number of anilines is 1. The van der Waals surface area contributed by atoms with Crippen molar-refractivity contribution in [2.45, 2.75) is 31.1 Å². The number of carbonyl (C=O) groups is 2. The van der Waals surface area contributed by atoms with Gasteiger partial charge < -0.3 is 10.1 Å². The zero-order valence-corrected chi connectivity index (χ0v) is 18.5. The number of piperidine rings is 1. The highest BCUT2D eigenvalue weighted by Crippen LogP contribution is 2.27. The number of methoxy groups -OCH3 is 1. The van der Waals surface area contributed by atoms with E-state index in [0.29, 0.717) is 18.7 Å². The maximum Gasteiger partial charge on any atom is 0.338 e. The zero-order valence-electron chi connectivity index (χ0n) is 17.7. The molecule has 0 aliphatic carbocycles. The Morgan fingerprint density at radius 3 is 2.34 bits per heavy atom. The number of nitro groups is 1. The fraction of sp³-hybridized carbons (Fsp3) is 0.333. The van der Waals surface area contributed by atoms with Gasteiger partial charge in [0.2, 0.25) is 10.0 Å². The number of nitro benzene ring substituents is 1. The molecule has 0 spiro atoms. The molecule has 0 radical (unpaired) electrons. The molecule has 170 valence electrons. The van der Waals surface area contributed by atoms with Gasteiger partial charge in [-0.05, 0) is 43.5 Å². The highest BCUT2D eigenvalue weighted by atomic mass is 32.2. The molecule has 0 atom stereocenters. The van der Waals surface area contributed by atoms with Crippen molar-refractivity contribution in [1.82, 2.24) is 4.31 Å². The van der Waals surface area contributed by atoms with E-state index in [2.05, 4.69) is 10.1 Å². The Bertz CT molecular complexity index is 1170. The number of amides is 1. The molecule has 1 fully saturated rings. The Morgan fingerprint density at radius 1 is 1.06 bits per heavy atom. The summed E-state index contributed by atoms with van der Waals surface area (Å²) in [5.74, 6) is -1.56. The Hall–Kier alpha value is -3.31. The molecule has 1 N–H and O–H groups in total. The van der Waals surface area contributed by atoms with Crippen molar-refractivity contribution >= 4 is 33.3 Å². The van der Waals surface area contributed by atoms with Crippen LogP contribution in [0.25, 0.3) is 0 Å². The molecule has 1 aliphatic heterocycles. The third-order valence-electron chi connectivity index (χ3n) is 5.19. The monoisotopic (exact) mass is 461 g/mol. The molecule has 10 nitrogen and oxygen atoms in total. The van der Waals surface area contributed by atoms with Gasteiger partial charge in [-0.3, -0.25) is 14.9 Å². The largest absolute Gasteiger partial charge is 0.465 e. The summed E-state index contributed by atoms with van der Waals surface area (Å²) in [4.78, 5) is 35.1. The number of nitrogens with one attached hydrogen (secondary N) is 1. The van der Waals surface area contributed by atoms with Crippen LogP contribution in [0.2, 0.25) is 0 Å². The lowest BCUT2D eigenvalue weighted by molar-refractivity contribution is -0.384. The van der Waals surface area contributed by atoms with Crippen LogP contribution in [0.15, 0.2) is 41.3 Å². The minimum Gasteiger partial charge on any atom is -0.465 e. The minimum atomic E-state index is -3.72. The fourth-order valence-electron chi connectivity index (χ4n) is 3.49. The average molecular weight is 461 g/mol. The summed E-state index contributed by atoms with van der Waals surface area (Å²) in [5, 5.41) is 13.7. The molecule has 0 aromatic heterocycles. The molecular formula is C21H23N3O7S. The van der Waals surface area contributed by atoms with Crippen molar-refractivity contribution in [2.75, 3.05) is 25.5 Å². The summed E-state index contributed by atoms with van der Waals surface area (Å²) in [5.41, 5.74) is 0.0132. The van der Waals surface area contributed by atoms with Crippen LogP contribution >= 0.6 is 0 Å². The predicted molar refractivity (Wildman–Crippen MR) is 116 cm³/mol. The topological polar surface area (TPSA) is 136 Å². The molecule has 1 heterocycles. The Kier molecular flexibility index (Phi) is 6.90. The molecule has 0 bridgehead atoms. The molecule has 32 heavy (non-hydrogen) atoms. The molecule has 1 saturated heterocycles. The molecule has 0 saturated carbocycles. The van der Waals surface area contributed by atoms with Gasteiger partial charge in [0.25, 0.3) is 11.6 Å². The molecule has 0 unspecified atom stereocenters. The van der Waals surface area contributed by atoms with Crippen molar-refractivity contribution in [3.63, 3.8) is 0 Å². The maximum absolute atomic E-state index is 13.1. The van der Waals surface area contributed by atoms with E-state index in [-0.39, 0.29) is 21.7 Å². The molecule has 3 rings (SSSR count). The van der Waals surface area contributed by atoms with E-state index in [4.69, 9.17) is 0 Å². The van der Waals surface area contributed by atoms with Crippen LogP contribution in [-0.2, 0) is 14.8 Å². The van der Waals surface area contributed by atoms with E-state index in [1.165, 1.54) is 16.4 Å². The minimum absolute atomic E-state index is 0.0893. The standard InChI is InChI=1S/C21H23N3O7S/c1-14-6-7-17(13-19(14)32(29,30)23-8-4-3-5-9-23)22-20(25)15-10-16(21(26)31-2)12-18(11-15)24(27)28/h6-7,10-13H,3-5,8-9H2,1-2H3,(H,22,25). The third kappa shape index (κ3) is 4.94. The number of aryl methyl sites for hydroxylation is 1. The second kappa shape index (κ2) is 9.45. The summed E-state index contributed by atoms with van der Waals surface area (Å²) in [6, 6.07) is 7.71. The van der Waals surface area contributed by atoms with Gasteiger partial charge in [0.1, 0.15) is 0 Å². The van der Waals surface area contributed by atoms with Gasteiger partial charge in [-0.15, -0.1) is 0 Å². The van der Waals surface area contributed by atoms with Crippen LogP contribution in [0, 0.1) is 17.0 Å². The molecule has 1 amide bonds. The number of rotatable bonds is 6. The van der Waals surface area contributed by atoms with Crippen LogP contribution in [-0.4, -0.2) is 49.7 Å². The number of sulfonamides is 1. The van der Waals surface area contributed by atoms with E-state index in [1.54, 1.807) is 19.1 Å². The van der Waals surface area contributed by atoms with E-state index in [1.807, 2.05) is 0 Å². The normalized spacial score (nSPS) is 14.6. The van der Waals surface area contributed by atoms with Crippen molar-refractivity contribution < 1.29 is 27.7 Å². The van der Waals surface area contributed by atoms with Crippen molar-refractivity contribution in [1.29, 1.82) is 0 Å². The lowest BCUT2D eigenvalue weighted by Crippen LogP contribution is -2.36. The fourth-order valence-corrected chi connectivity index (χ4v) is 5.25. The van der Waals surface area contributed by atoms with Crippen LogP contribution < -0.4 is 5.32 Å². The lowest BCUT2D eigenvalue weighted by atomic mass is 10.1. The first kappa shape index (κ1) is 23.4. The first-order chi connectivity index (χ1) is 15.1. The summed E-state index contributed by atoms with van der Waals surface area (Å²) < 4.78 is 32.2. The highest BCUT2D eigenvalue weighted by Gasteiger charge is 2.28. The molecule has 1 aliphatic rings. The highest BCUT2D eigenvalue weighted by molar-refractivity contribution is 7.89. The van der Waals surface area contributed by atoms with Gasteiger partial charge >= 0.3 is 5.97 Å². The number of benzene rings is 2. The number of carbonyl (C=O) groups excluding carboxylic acids is 2. The van der Waals surface area contributed by atoms with Gasteiger partial charge in [0.05, 0.1) is 22.5 Å². The molecule has 2 aromatic carbocycles. The summed E-state index contributed by atoms with van der Waals surface area (Å²) in [6.07, 6.45) is 2.58. The van der Waals surface area contributed by atoms with Crippen molar-refractivity contribution in [3.8, 4) is 0 Å². The van der Waals surface area contributed by atoms with Gasteiger partial charge in [-0.2, -0.15) is 4.31 Å². The number of hydrogen-bond donors (Lipinski definition) is 1. The van der Waals surface area contributed by atoms with Crippen LogP contribution in [0.5, 0.6) is 0 Å². The average Bonchev–Trinajstić information content (AvgIpc) is 2.79. The van der Waals surface area contributed by atoms with Crippen LogP contribution in [0.1, 0.15) is 45.5 Å². The summed E-state index contributed by atoms with van der Waals surface area (Å²) in [7, 11) is -2.60. The number of nitrogens with zero attached hydrogens (tertiary/aromatic N) is 2. The first-order valence-electron chi connectivity index (χ1n) is 9.93. The number of non-ortho nitro benzene ring substituents is 1. The number of ether oxygens (including phenoxy) is 1. The quantitative estimate of drug-likeness (QED) is 0.396. The van der Waals surface area contributed by atoms with E-state index >= 15 is 0 Å².